The summed E-state index contributed by atoms with van der Waals surface area (Å²) < 4.78 is 16.0. The quantitative estimate of drug-likeness (QED) is 0.560. The molecule has 1 aliphatic heterocycles. The van der Waals surface area contributed by atoms with Crippen LogP contribution in [0.3, 0.4) is 0 Å². The van der Waals surface area contributed by atoms with Crippen molar-refractivity contribution in [3.8, 4) is 0 Å². The van der Waals surface area contributed by atoms with Crippen LogP contribution in [-0.2, 0) is 14.2 Å². The van der Waals surface area contributed by atoms with E-state index >= 15 is 0 Å². The predicted molar refractivity (Wildman–Crippen MR) is 64.8 cm³/mol. The first-order valence-electron chi connectivity index (χ1n) is 6.91. The standard InChI is InChI=1S/C14H20O4/c1-9-10-5-6-11(8-10)13(9)18-14(15)17-12-4-2-3-7-16-12/h5-6,9-13H,2-4,7-8H2,1H3. The summed E-state index contributed by atoms with van der Waals surface area (Å²) in [6, 6.07) is 0. The van der Waals surface area contributed by atoms with Gasteiger partial charge in [0.25, 0.3) is 0 Å². The van der Waals surface area contributed by atoms with Crippen molar-refractivity contribution < 1.29 is 19.0 Å². The number of carbonyl (C=O) groups is 1. The molecule has 100 valence electrons. The molecular weight excluding hydrogens is 232 g/mol. The van der Waals surface area contributed by atoms with E-state index < -0.39 is 12.4 Å². The van der Waals surface area contributed by atoms with E-state index in [0.29, 0.717) is 24.4 Å². The lowest BCUT2D eigenvalue weighted by Crippen LogP contribution is -2.32. The third kappa shape index (κ3) is 2.26. The molecule has 18 heavy (non-hydrogen) atoms. The van der Waals surface area contributed by atoms with Crippen LogP contribution in [0.4, 0.5) is 4.79 Å². The Morgan fingerprint density at radius 1 is 1.22 bits per heavy atom. The van der Waals surface area contributed by atoms with Gasteiger partial charge in [0.2, 0.25) is 6.29 Å². The Morgan fingerprint density at radius 2 is 2.06 bits per heavy atom. The van der Waals surface area contributed by atoms with Crippen LogP contribution in [0.2, 0.25) is 0 Å². The lowest BCUT2D eigenvalue weighted by molar-refractivity contribution is -0.148. The normalized spacial score (nSPS) is 41.9. The van der Waals surface area contributed by atoms with Gasteiger partial charge in [0, 0.05) is 18.3 Å². The maximum Gasteiger partial charge on any atom is 0.510 e. The van der Waals surface area contributed by atoms with Crippen LogP contribution in [0.25, 0.3) is 0 Å². The molecule has 2 aliphatic carbocycles. The van der Waals surface area contributed by atoms with Gasteiger partial charge in [-0.15, -0.1) is 0 Å². The van der Waals surface area contributed by atoms with E-state index in [2.05, 4.69) is 19.1 Å². The van der Waals surface area contributed by atoms with Gasteiger partial charge in [-0.1, -0.05) is 19.1 Å². The average molecular weight is 252 g/mol. The molecule has 0 amide bonds. The summed E-state index contributed by atoms with van der Waals surface area (Å²) >= 11 is 0. The summed E-state index contributed by atoms with van der Waals surface area (Å²) in [5.74, 6) is 1.35. The Hall–Kier alpha value is -1.03. The van der Waals surface area contributed by atoms with Crippen molar-refractivity contribution in [1.29, 1.82) is 0 Å². The van der Waals surface area contributed by atoms with E-state index in [1.807, 2.05) is 0 Å². The minimum Gasteiger partial charge on any atom is -0.430 e. The molecule has 0 aromatic rings. The van der Waals surface area contributed by atoms with E-state index in [0.717, 1.165) is 25.7 Å². The van der Waals surface area contributed by atoms with Crippen molar-refractivity contribution in [2.24, 2.45) is 17.8 Å². The fourth-order valence-electron chi connectivity index (χ4n) is 3.27. The SMILES string of the molecule is CC1C2C=CC(C2)C1OC(=O)OC1CCCCO1. The summed E-state index contributed by atoms with van der Waals surface area (Å²) in [4.78, 5) is 11.7. The molecule has 0 aromatic carbocycles. The molecule has 4 heteroatoms. The number of hydrogen-bond donors (Lipinski definition) is 0. The Bertz CT molecular complexity index is 346. The maximum absolute atomic E-state index is 11.7. The molecule has 1 saturated carbocycles. The van der Waals surface area contributed by atoms with Gasteiger partial charge < -0.3 is 14.2 Å². The molecule has 0 aromatic heterocycles. The van der Waals surface area contributed by atoms with Crippen molar-refractivity contribution in [1.82, 2.24) is 0 Å². The van der Waals surface area contributed by atoms with E-state index in [9.17, 15) is 4.79 Å². The minimum absolute atomic E-state index is 0.0175. The van der Waals surface area contributed by atoms with Gasteiger partial charge in [-0.2, -0.15) is 0 Å². The van der Waals surface area contributed by atoms with Crippen molar-refractivity contribution >= 4 is 6.16 Å². The van der Waals surface area contributed by atoms with E-state index in [-0.39, 0.29) is 6.10 Å². The topological polar surface area (TPSA) is 44.8 Å². The Labute approximate surface area is 107 Å². The number of hydrogen-bond acceptors (Lipinski definition) is 4. The van der Waals surface area contributed by atoms with Gasteiger partial charge in [-0.3, -0.25) is 0 Å². The molecule has 3 rings (SSSR count). The first-order valence-corrected chi connectivity index (χ1v) is 6.91. The zero-order valence-electron chi connectivity index (χ0n) is 10.7. The summed E-state index contributed by atoms with van der Waals surface area (Å²) in [5, 5.41) is 0. The van der Waals surface area contributed by atoms with Crippen molar-refractivity contribution in [3.63, 3.8) is 0 Å². The highest BCUT2D eigenvalue weighted by Crippen LogP contribution is 2.45. The first-order chi connectivity index (χ1) is 8.74. The van der Waals surface area contributed by atoms with Crippen molar-refractivity contribution in [2.75, 3.05) is 6.61 Å². The summed E-state index contributed by atoms with van der Waals surface area (Å²) in [6.45, 7) is 2.81. The molecular formula is C14H20O4. The third-order valence-corrected chi connectivity index (χ3v) is 4.36. The Balaban J connectivity index is 1.50. The fraction of sp³-hybridized carbons (Fsp3) is 0.786. The highest BCUT2D eigenvalue weighted by atomic mass is 16.8. The molecule has 4 nitrogen and oxygen atoms in total. The minimum atomic E-state index is -0.570. The molecule has 2 fully saturated rings. The maximum atomic E-state index is 11.7. The molecule has 3 aliphatic rings. The molecule has 5 atom stereocenters. The highest BCUT2D eigenvalue weighted by Gasteiger charge is 2.44. The average Bonchev–Trinajstić information content (AvgIpc) is 2.94. The zero-order valence-corrected chi connectivity index (χ0v) is 10.7. The zero-order chi connectivity index (χ0) is 12.5. The predicted octanol–water partition coefficient (Wildman–Crippen LogP) is 2.88. The molecule has 5 unspecified atom stereocenters. The fourth-order valence-corrected chi connectivity index (χ4v) is 3.27. The van der Waals surface area contributed by atoms with Gasteiger partial charge in [0.1, 0.15) is 6.10 Å². The van der Waals surface area contributed by atoms with Crippen LogP contribution in [0.15, 0.2) is 12.2 Å². The van der Waals surface area contributed by atoms with Gasteiger partial charge in [0.15, 0.2) is 0 Å². The molecule has 2 bridgehead atoms. The smallest absolute Gasteiger partial charge is 0.430 e. The van der Waals surface area contributed by atoms with Gasteiger partial charge in [0.05, 0.1) is 6.61 Å². The van der Waals surface area contributed by atoms with Gasteiger partial charge in [-0.05, 0) is 25.2 Å². The van der Waals surface area contributed by atoms with E-state index in [1.165, 1.54) is 0 Å². The van der Waals surface area contributed by atoms with Gasteiger partial charge >= 0.3 is 6.16 Å². The molecule has 0 N–H and O–H groups in total. The molecule has 1 saturated heterocycles. The number of allylic oxidation sites excluding steroid dienone is 1. The summed E-state index contributed by atoms with van der Waals surface area (Å²) in [7, 11) is 0. The molecule has 1 heterocycles. The van der Waals surface area contributed by atoms with Crippen LogP contribution in [0, 0.1) is 17.8 Å². The second-order valence-corrected chi connectivity index (χ2v) is 5.55. The summed E-state index contributed by atoms with van der Waals surface area (Å²) in [6.07, 6.45) is 7.39. The van der Waals surface area contributed by atoms with Crippen LogP contribution in [-0.4, -0.2) is 25.2 Å². The largest absolute Gasteiger partial charge is 0.510 e. The lowest BCUT2D eigenvalue weighted by Gasteiger charge is -2.26. The van der Waals surface area contributed by atoms with Crippen LogP contribution in [0.5, 0.6) is 0 Å². The number of carbonyl (C=O) groups excluding carboxylic acids is 1. The molecule has 0 radical (unpaired) electrons. The van der Waals surface area contributed by atoms with E-state index in [1.54, 1.807) is 0 Å². The highest BCUT2D eigenvalue weighted by molar-refractivity contribution is 5.60. The van der Waals surface area contributed by atoms with Gasteiger partial charge in [-0.25, -0.2) is 4.79 Å². The Morgan fingerprint density at radius 3 is 2.72 bits per heavy atom. The number of fused-ring (bicyclic) bond motifs is 2. The second-order valence-electron chi connectivity index (χ2n) is 5.55. The Kier molecular flexibility index (Phi) is 3.29. The van der Waals surface area contributed by atoms with E-state index in [4.69, 9.17) is 14.2 Å². The second kappa shape index (κ2) is 4.92. The summed E-state index contributed by atoms with van der Waals surface area (Å²) in [5.41, 5.74) is 0. The van der Waals surface area contributed by atoms with Crippen LogP contribution >= 0.6 is 0 Å². The van der Waals surface area contributed by atoms with Crippen molar-refractivity contribution in [3.05, 3.63) is 12.2 Å². The van der Waals surface area contributed by atoms with Crippen LogP contribution < -0.4 is 0 Å². The first kappa shape index (κ1) is 12.0. The number of ether oxygens (including phenoxy) is 3. The monoisotopic (exact) mass is 252 g/mol. The lowest BCUT2D eigenvalue weighted by atomic mass is 9.93. The van der Waals surface area contributed by atoms with Crippen molar-refractivity contribution in [2.45, 2.75) is 45.0 Å². The van der Waals surface area contributed by atoms with Crippen LogP contribution in [0.1, 0.15) is 32.6 Å². The molecule has 0 spiro atoms. The third-order valence-electron chi connectivity index (χ3n) is 4.36. The number of rotatable bonds is 2.